The molecular formula is C12H10F3N3O4S. The van der Waals surface area contributed by atoms with Crippen molar-refractivity contribution >= 4 is 15.7 Å². The van der Waals surface area contributed by atoms with Gasteiger partial charge in [0.15, 0.2) is 0 Å². The van der Waals surface area contributed by atoms with Gasteiger partial charge in [-0.25, -0.2) is 8.42 Å². The summed E-state index contributed by atoms with van der Waals surface area (Å²) in [7, 11) is -5.45. The van der Waals surface area contributed by atoms with Crippen LogP contribution in [0.4, 0.5) is 19.0 Å². The van der Waals surface area contributed by atoms with E-state index >= 15 is 0 Å². The number of alkyl halides is 3. The fourth-order valence-corrected chi connectivity index (χ4v) is 2.74. The maximum atomic E-state index is 12.5. The van der Waals surface area contributed by atoms with Crippen LogP contribution in [-0.4, -0.2) is 28.6 Å². The lowest BCUT2D eigenvalue weighted by molar-refractivity contribution is -0.390. The first-order chi connectivity index (χ1) is 10.5. The number of hydrogen-bond acceptors (Lipinski definition) is 5. The molecule has 124 valence electrons. The Morgan fingerprint density at radius 2 is 2.00 bits per heavy atom. The Kier molecular flexibility index (Phi) is 4.16. The molecule has 0 aliphatic rings. The van der Waals surface area contributed by atoms with Crippen molar-refractivity contribution in [2.45, 2.75) is 23.9 Å². The van der Waals surface area contributed by atoms with E-state index in [1.54, 1.807) is 0 Å². The van der Waals surface area contributed by atoms with Crippen molar-refractivity contribution in [3.8, 4) is 0 Å². The fourth-order valence-electron chi connectivity index (χ4n) is 1.90. The molecule has 0 aliphatic carbocycles. The highest BCUT2D eigenvalue weighted by Gasteiger charge is 2.46. The highest BCUT2D eigenvalue weighted by Crippen LogP contribution is 2.30. The molecular weight excluding hydrogens is 339 g/mol. The predicted molar refractivity (Wildman–Crippen MR) is 72.4 cm³/mol. The van der Waals surface area contributed by atoms with E-state index < -0.39 is 25.2 Å². The Morgan fingerprint density at radius 1 is 1.35 bits per heavy atom. The fraction of sp³-hybridized carbons (Fsp3) is 0.250. The lowest BCUT2D eigenvalue weighted by atomic mass is 10.2. The third-order valence-electron chi connectivity index (χ3n) is 2.95. The number of rotatable bonds is 4. The zero-order valence-electron chi connectivity index (χ0n) is 11.6. The summed E-state index contributed by atoms with van der Waals surface area (Å²) in [6, 6.07) is 4.27. The number of nitro groups is 1. The van der Waals surface area contributed by atoms with E-state index in [0.29, 0.717) is 0 Å². The molecule has 2 rings (SSSR count). The lowest BCUT2D eigenvalue weighted by Gasteiger charge is -2.09. The second-order valence-corrected chi connectivity index (χ2v) is 6.63. The normalized spacial score (nSPS) is 12.3. The SMILES string of the molecule is Cc1cn(Cc2cccc(S(=O)(=O)C(F)(F)F)c2)nc1[N+](=O)[O-]. The van der Waals surface area contributed by atoms with E-state index in [9.17, 15) is 31.7 Å². The van der Waals surface area contributed by atoms with Gasteiger partial charge in [0.25, 0.3) is 9.84 Å². The van der Waals surface area contributed by atoms with Crippen molar-refractivity contribution < 1.29 is 26.5 Å². The molecule has 0 aliphatic heterocycles. The van der Waals surface area contributed by atoms with Gasteiger partial charge >= 0.3 is 11.3 Å². The van der Waals surface area contributed by atoms with E-state index in [2.05, 4.69) is 5.10 Å². The van der Waals surface area contributed by atoms with Gasteiger partial charge in [-0.2, -0.15) is 17.9 Å². The molecule has 2 aromatic rings. The maximum Gasteiger partial charge on any atom is 0.501 e. The van der Waals surface area contributed by atoms with Crippen LogP contribution in [0.15, 0.2) is 35.4 Å². The van der Waals surface area contributed by atoms with Crippen LogP contribution in [0.1, 0.15) is 11.1 Å². The third-order valence-corrected chi connectivity index (χ3v) is 4.43. The van der Waals surface area contributed by atoms with Gasteiger partial charge < -0.3 is 10.1 Å². The maximum absolute atomic E-state index is 12.5. The molecule has 0 saturated heterocycles. The van der Waals surface area contributed by atoms with Gasteiger partial charge in [-0.15, -0.1) is 0 Å². The largest absolute Gasteiger partial charge is 0.501 e. The third kappa shape index (κ3) is 3.33. The van der Waals surface area contributed by atoms with Crippen LogP contribution in [0.2, 0.25) is 0 Å². The molecule has 7 nitrogen and oxygen atoms in total. The molecule has 1 heterocycles. The molecule has 0 bridgehead atoms. The number of nitrogens with zero attached hydrogens (tertiary/aromatic N) is 3. The molecule has 0 saturated carbocycles. The van der Waals surface area contributed by atoms with Crippen LogP contribution in [0.5, 0.6) is 0 Å². The first-order valence-electron chi connectivity index (χ1n) is 6.11. The second kappa shape index (κ2) is 5.65. The van der Waals surface area contributed by atoms with Crippen molar-refractivity contribution in [2.75, 3.05) is 0 Å². The van der Waals surface area contributed by atoms with Crippen LogP contribution in [0, 0.1) is 17.0 Å². The Morgan fingerprint density at radius 3 is 2.52 bits per heavy atom. The number of halogens is 3. The summed E-state index contributed by atoms with van der Waals surface area (Å²) in [5.74, 6) is -0.371. The first-order valence-corrected chi connectivity index (χ1v) is 7.59. The molecule has 0 spiro atoms. The summed E-state index contributed by atoms with van der Waals surface area (Å²) in [4.78, 5) is 9.14. The minimum Gasteiger partial charge on any atom is -0.358 e. The summed E-state index contributed by atoms with van der Waals surface area (Å²) >= 11 is 0. The number of aryl methyl sites for hydroxylation is 1. The molecule has 1 aromatic heterocycles. The van der Waals surface area contributed by atoms with Gasteiger partial charge in [-0.3, -0.25) is 0 Å². The Hall–Kier alpha value is -2.43. The summed E-state index contributed by atoms with van der Waals surface area (Å²) in [6.45, 7) is 1.36. The summed E-state index contributed by atoms with van der Waals surface area (Å²) in [5.41, 5.74) is -4.89. The minimum atomic E-state index is -5.45. The molecule has 0 N–H and O–H groups in total. The van der Waals surface area contributed by atoms with Crippen molar-refractivity contribution in [3.05, 3.63) is 51.7 Å². The van der Waals surface area contributed by atoms with Gasteiger partial charge in [0.2, 0.25) is 0 Å². The molecule has 1 aromatic carbocycles. The van der Waals surface area contributed by atoms with Gasteiger partial charge in [0.05, 0.1) is 28.3 Å². The van der Waals surface area contributed by atoms with Gasteiger partial charge in [0.1, 0.15) is 0 Å². The molecule has 23 heavy (non-hydrogen) atoms. The van der Waals surface area contributed by atoms with Crippen molar-refractivity contribution in [1.82, 2.24) is 9.78 Å². The van der Waals surface area contributed by atoms with Crippen molar-refractivity contribution in [2.24, 2.45) is 0 Å². The van der Waals surface area contributed by atoms with Crippen molar-refractivity contribution in [1.29, 1.82) is 0 Å². The molecule has 0 radical (unpaired) electrons. The smallest absolute Gasteiger partial charge is 0.358 e. The van der Waals surface area contributed by atoms with Crippen LogP contribution in [-0.2, 0) is 16.4 Å². The van der Waals surface area contributed by atoms with E-state index in [-0.39, 0.29) is 23.5 Å². The quantitative estimate of drug-likeness (QED) is 0.624. The monoisotopic (exact) mass is 349 g/mol. The van der Waals surface area contributed by atoms with Crippen LogP contribution in [0.25, 0.3) is 0 Å². The van der Waals surface area contributed by atoms with Gasteiger partial charge in [-0.1, -0.05) is 12.1 Å². The number of hydrogen-bond donors (Lipinski definition) is 0. The van der Waals surface area contributed by atoms with E-state index in [4.69, 9.17) is 0 Å². The van der Waals surface area contributed by atoms with Gasteiger partial charge in [0, 0.05) is 0 Å². The van der Waals surface area contributed by atoms with E-state index in [1.165, 1.54) is 25.3 Å². The summed E-state index contributed by atoms with van der Waals surface area (Å²) in [6.07, 6.45) is 1.35. The van der Waals surface area contributed by atoms with Gasteiger partial charge in [-0.05, 0) is 29.5 Å². The zero-order valence-corrected chi connectivity index (χ0v) is 12.4. The standard InChI is InChI=1S/C12H10F3N3O4S/c1-8-6-17(16-11(8)18(19)20)7-9-3-2-4-10(5-9)23(21,22)12(13,14)15/h2-6H,7H2,1H3. The number of sulfone groups is 1. The van der Waals surface area contributed by atoms with E-state index in [0.717, 1.165) is 16.8 Å². The first kappa shape index (κ1) is 16.9. The molecule has 11 heteroatoms. The Bertz CT molecular complexity index is 859. The predicted octanol–water partition coefficient (Wildman–Crippen LogP) is 2.44. The zero-order chi connectivity index (χ0) is 17.4. The van der Waals surface area contributed by atoms with Crippen LogP contribution < -0.4 is 0 Å². The summed E-state index contributed by atoms with van der Waals surface area (Å²) < 4.78 is 61.5. The van der Waals surface area contributed by atoms with E-state index in [1.807, 2.05) is 0 Å². The Labute approximate surface area is 128 Å². The topological polar surface area (TPSA) is 95.1 Å². The highest BCUT2D eigenvalue weighted by molar-refractivity contribution is 7.92. The molecule has 0 unspecified atom stereocenters. The number of benzene rings is 1. The van der Waals surface area contributed by atoms with Crippen LogP contribution in [0.3, 0.4) is 0 Å². The average Bonchev–Trinajstić information content (AvgIpc) is 2.78. The highest BCUT2D eigenvalue weighted by atomic mass is 32.2. The minimum absolute atomic E-state index is 0.101. The molecule has 0 fully saturated rings. The van der Waals surface area contributed by atoms with Crippen LogP contribution >= 0.6 is 0 Å². The summed E-state index contributed by atoms with van der Waals surface area (Å²) in [5, 5.41) is 14.4. The Balaban J connectivity index is 2.35. The lowest BCUT2D eigenvalue weighted by Crippen LogP contribution is -2.23. The van der Waals surface area contributed by atoms with Crippen molar-refractivity contribution in [3.63, 3.8) is 0 Å². The molecule has 0 amide bonds. The average molecular weight is 349 g/mol. The number of aromatic nitrogens is 2. The second-order valence-electron chi connectivity index (χ2n) is 4.69. The molecule has 0 atom stereocenters.